The largest absolute Gasteiger partial charge is 0.423 e. The molecule has 2 aromatic rings. The highest BCUT2D eigenvalue weighted by Crippen LogP contribution is 2.23. The number of carbonyl (C=O) groups is 1. The zero-order valence-corrected chi connectivity index (χ0v) is 12.5. The Kier molecular flexibility index (Phi) is 5.14. The summed E-state index contributed by atoms with van der Waals surface area (Å²) in [6.07, 6.45) is 2.49. The fourth-order valence-electron chi connectivity index (χ4n) is 1.58. The van der Waals surface area contributed by atoms with Crippen molar-refractivity contribution in [2.75, 3.05) is 0 Å². The van der Waals surface area contributed by atoms with E-state index in [1.165, 1.54) is 24.3 Å². The number of nitro benzene ring substituents is 1. The first-order valence-corrected chi connectivity index (χ1v) is 6.81. The van der Waals surface area contributed by atoms with E-state index in [0.29, 0.717) is 21.4 Å². The topological polar surface area (TPSA) is 69.4 Å². The molecule has 5 nitrogen and oxygen atoms in total. The molecule has 0 fully saturated rings. The van der Waals surface area contributed by atoms with E-state index in [1.807, 2.05) is 0 Å². The molecule has 7 heteroatoms. The van der Waals surface area contributed by atoms with Crippen molar-refractivity contribution in [2.24, 2.45) is 0 Å². The Morgan fingerprint density at radius 3 is 2.45 bits per heavy atom. The van der Waals surface area contributed by atoms with Gasteiger partial charge >= 0.3 is 5.97 Å². The number of ether oxygens (including phenoxy) is 1. The van der Waals surface area contributed by atoms with E-state index in [1.54, 1.807) is 24.3 Å². The van der Waals surface area contributed by atoms with E-state index in [-0.39, 0.29) is 5.69 Å². The predicted molar refractivity (Wildman–Crippen MR) is 84.2 cm³/mol. The minimum atomic E-state index is -0.634. The molecule has 0 aromatic heterocycles. The van der Waals surface area contributed by atoms with Crippen LogP contribution < -0.4 is 4.74 Å². The molecule has 0 heterocycles. The van der Waals surface area contributed by atoms with Crippen LogP contribution >= 0.6 is 23.2 Å². The minimum Gasteiger partial charge on any atom is -0.423 e. The zero-order chi connectivity index (χ0) is 16.1. The summed E-state index contributed by atoms with van der Waals surface area (Å²) in [6.45, 7) is 0. The van der Waals surface area contributed by atoms with Crippen LogP contribution in [0.15, 0.2) is 48.5 Å². The van der Waals surface area contributed by atoms with Gasteiger partial charge < -0.3 is 4.74 Å². The number of non-ortho nitro benzene ring substituents is 1. The van der Waals surface area contributed by atoms with Gasteiger partial charge in [0.15, 0.2) is 0 Å². The molecule has 112 valence electrons. The molecular weight excluding hydrogens is 329 g/mol. The average molecular weight is 338 g/mol. The Hall–Kier alpha value is -2.37. The molecule has 0 unspecified atom stereocenters. The van der Waals surface area contributed by atoms with E-state index in [0.717, 1.165) is 6.08 Å². The highest BCUT2D eigenvalue weighted by Gasteiger charge is 2.08. The van der Waals surface area contributed by atoms with Crippen molar-refractivity contribution >= 4 is 40.9 Å². The lowest BCUT2D eigenvalue weighted by molar-refractivity contribution is -0.384. The Balaban J connectivity index is 2.10. The monoisotopic (exact) mass is 337 g/mol. The lowest BCUT2D eigenvalue weighted by atomic mass is 10.2. The molecule has 0 aliphatic heterocycles. The lowest BCUT2D eigenvalue weighted by Gasteiger charge is -2.01. The summed E-state index contributed by atoms with van der Waals surface area (Å²) in [6, 6.07) is 10.2. The molecule has 0 aliphatic rings. The summed E-state index contributed by atoms with van der Waals surface area (Å²) in [4.78, 5) is 21.8. The van der Waals surface area contributed by atoms with E-state index in [4.69, 9.17) is 27.9 Å². The normalized spacial score (nSPS) is 10.6. The SMILES string of the molecule is O=C(C=Cc1cc([N+](=O)[O-])ccc1Cl)Oc1ccc(Cl)cc1. The van der Waals surface area contributed by atoms with Gasteiger partial charge in [0.05, 0.1) is 4.92 Å². The second kappa shape index (κ2) is 7.06. The molecule has 22 heavy (non-hydrogen) atoms. The van der Waals surface area contributed by atoms with E-state index in [2.05, 4.69) is 0 Å². The third-order valence-corrected chi connectivity index (χ3v) is 3.22. The molecule has 0 spiro atoms. The highest BCUT2D eigenvalue weighted by molar-refractivity contribution is 6.32. The second-order valence-corrected chi connectivity index (χ2v) is 5.01. The smallest absolute Gasteiger partial charge is 0.336 e. The number of hydrogen-bond donors (Lipinski definition) is 0. The summed E-state index contributed by atoms with van der Waals surface area (Å²) >= 11 is 11.6. The lowest BCUT2D eigenvalue weighted by Crippen LogP contribution is -2.03. The maximum atomic E-state index is 11.7. The van der Waals surface area contributed by atoms with Crippen LogP contribution in [0.3, 0.4) is 0 Å². The molecule has 0 saturated carbocycles. The molecule has 2 aromatic carbocycles. The van der Waals surface area contributed by atoms with Gasteiger partial charge in [0, 0.05) is 33.8 Å². The number of esters is 1. The van der Waals surface area contributed by atoms with Crippen LogP contribution in [0, 0.1) is 10.1 Å². The average Bonchev–Trinajstić information content (AvgIpc) is 2.48. The maximum Gasteiger partial charge on any atom is 0.336 e. The van der Waals surface area contributed by atoms with Crippen molar-refractivity contribution < 1.29 is 14.5 Å². The van der Waals surface area contributed by atoms with Crippen LogP contribution in [0.4, 0.5) is 5.69 Å². The van der Waals surface area contributed by atoms with Crippen LogP contribution in [0.1, 0.15) is 5.56 Å². The first-order valence-electron chi connectivity index (χ1n) is 6.05. The molecule has 0 N–H and O–H groups in total. The maximum absolute atomic E-state index is 11.7. The van der Waals surface area contributed by atoms with Crippen molar-refractivity contribution in [3.8, 4) is 5.75 Å². The van der Waals surface area contributed by atoms with E-state index in [9.17, 15) is 14.9 Å². The molecule has 0 radical (unpaired) electrons. The molecule has 0 bridgehead atoms. The van der Waals surface area contributed by atoms with Gasteiger partial charge in [0.25, 0.3) is 5.69 Å². The van der Waals surface area contributed by atoms with Crippen molar-refractivity contribution in [1.29, 1.82) is 0 Å². The second-order valence-electron chi connectivity index (χ2n) is 4.17. The number of rotatable bonds is 4. The van der Waals surface area contributed by atoms with Crippen molar-refractivity contribution in [2.45, 2.75) is 0 Å². The van der Waals surface area contributed by atoms with Gasteiger partial charge in [-0.2, -0.15) is 0 Å². The van der Waals surface area contributed by atoms with Crippen LogP contribution in [-0.2, 0) is 4.79 Å². The summed E-state index contributed by atoms with van der Waals surface area (Å²) in [5.74, 6) is -0.297. The quantitative estimate of drug-likeness (QED) is 0.270. The first kappa shape index (κ1) is 16.0. The van der Waals surface area contributed by atoms with Crippen molar-refractivity contribution in [3.63, 3.8) is 0 Å². The van der Waals surface area contributed by atoms with Crippen molar-refractivity contribution in [3.05, 3.63) is 74.3 Å². The number of nitro groups is 1. The van der Waals surface area contributed by atoms with Crippen LogP contribution in [0.25, 0.3) is 6.08 Å². The van der Waals surface area contributed by atoms with Crippen LogP contribution in [0.2, 0.25) is 10.0 Å². The molecule has 0 aliphatic carbocycles. The standard InChI is InChI=1S/C15H9Cl2NO4/c16-11-2-5-13(6-3-11)22-15(19)8-1-10-9-12(18(20)21)4-7-14(10)17/h1-9H. The Morgan fingerprint density at radius 2 is 1.82 bits per heavy atom. The third-order valence-electron chi connectivity index (χ3n) is 2.62. The van der Waals surface area contributed by atoms with Gasteiger partial charge in [0.1, 0.15) is 5.75 Å². The molecule has 0 atom stereocenters. The van der Waals surface area contributed by atoms with Gasteiger partial charge in [-0.3, -0.25) is 10.1 Å². The van der Waals surface area contributed by atoms with E-state index >= 15 is 0 Å². The van der Waals surface area contributed by atoms with Crippen molar-refractivity contribution in [1.82, 2.24) is 0 Å². The number of carbonyl (C=O) groups excluding carboxylic acids is 1. The van der Waals surface area contributed by atoms with Crippen LogP contribution in [-0.4, -0.2) is 10.9 Å². The fourth-order valence-corrected chi connectivity index (χ4v) is 1.89. The zero-order valence-electron chi connectivity index (χ0n) is 11.0. The Bertz CT molecular complexity index is 742. The Labute approximate surface area is 135 Å². The van der Waals surface area contributed by atoms with Gasteiger partial charge in [-0.25, -0.2) is 4.79 Å². The molecular formula is C15H9Cl2NO4. The van der Waals surface area contributed by atoms with Crippen LogP contribution in [0.5, 0.6) is 5.75 Å². The summed E-state index contributed by atoms with van der Waals surface area (Å²) < 4.78 is 5.05. The number of nitrogens with zero attached hydrogens (tertiary/aromatic N) is 1. The molecule has 2 rings (SSSR count). The summed E-state index contributed by atoms with van der Waals surface area (Å²) in [5.41, 5.74) is 0.235. The van der Waals surface area contributed by atoms with Gasteiger partial charge in [-0.05, 0) is 36.4 Å². The number of halogens is 2. The summed E-state index contributed by atoms with van der Waals surface area (Å²) in [7, 11) is 0. The number of benzene rings is 2. The molecule has 0 amide bonds. The van der Waals surface area contributed by atoms with Gasteiger partial charge in [-0.1, -0.05) is 23.2 Å². The van der Waals surface area contributed by atoms with E-state index < -0.39 is 10.9 Å². The predicted octanol–water partition coefficient (Wildman–Crippen LogP) is 4.52. The number of hydrogen-bond acceptors (Lipinski definition) is 4. The Morgan fingerprint density at radius 1 is 1.14 bits per heavy atom. The summed E-state index contributed by atoms with van der Waals surface area (Å²) in [5, 5.41) is 11.5. The minimum absolute atomic E-state index is 0.116. The van der Waals surface area contributed by atoms with Gasteiger partial charge in [0.2, 0.25) is 0 Å². The molecule has 0 saturated heterocycles. The highest BCUT2D eigenvalue weighted by atomic mass is 35.5. The third kappa shape index (κ3) is 4.31. The van der Waals surface area contributed by atoms with Gasteiger partial charge in [-0.15, -0.1) is 0 Å². The first-order chi connectivity index (χ1) is 10.5. The fraction of sp³-hybridized carbons (Fsp3) is 0.